The summed E-state index contributed by atoms with van der Waals surface area (Å²) in [7, 11) is 0. The minimum atomic E-state index is -0.953. The zero-order chi connectivity index (χ0) is 19.7. The highest BCUT2D eigenvalue weighted by molar-refractivity contribution is 8.26. The molecule has 2 fully saturated rings. The molecule has 0 atom stereocenters. The van der Waals surface area contributed by atoms with Crippen molar-refractivity contribution < 1.29 is 24.1 Å². The summed E-state index contributed by atoms with van der Waals surface area (Å²) in [5.41, 5.74) is 0.00305. The van der Waals surface area contributed by atoms with Crippen molar-refractivity contribution in [3.8, 4) is 0 Å². The maximum absolute atomic E-state index is 12.5. The van der Waals surface area contributed by atoms with E-state index in [1.807, 2.05) is 10.6 Å². The third-order valence-electron chi connectivity index (χ3n) is 3.43. The molecule has 0 saturated carbocycles. The van der Waals surface area contributed by atoms with Crippen LogP contribution in [0.5, 0.6) is 0 Å². The first kappa shape index (κ1) is 18.4. The molecular weight excluding hydrogens is 396 g/mol. The van der Waals surface area contributed by atoms with E-state index >= 15 is 0 Å². The molecule has 3 rings (SSSR count). The molecule has 2 heterocycles. The number of nitrogens with one attached hydrogen (secondary N) is 2. The fourth-order valence-electron chi connectivity index (χ4n) is 2.16. The second kappa shape index (κ2) is 7.09. The average molecular weight is 404 g/mol. The number of carbonyl (C=O) groups excluding carboxylic acids is 4. The SMILES string of the molecule is O=C1NC(=O)C(=CN2C(=O)C(=Cc3ccc([N+](=O)[O-])cc3)SC2=S)C(=O)N1. The molecular formula is C15H8N4O6S2. The number of hydrogen-bond donors (Lipinski definition) is 2. The molecule has 2 aliphatic heterocycles. The summed E-state index contributed by atoms with van der Waals surface area (Å²) in [6, 6.07) is 4.57. The Hall–Kier alpha value is -3.38. The van der Waals surface area contributed by atoms with Gasteiger partial charge in [0.15, 0.2) is 4.32 Å². The summed E-state index contributed by atoms with van der Waals surface area (Å²) in [5, 5.41) is 14.5. The first-order chi connectivity index (χ1) is 12.8. The van der Waals surface area contributed by atoms with Gasteiger partial charge in [-0.15, -0.1) is 0 Å². The molecule has 0 bridgehead atoms. The number of carbonyl (C=O) groups is 4. The molecule has 0 unspecified atom stereocenters. The fourth-order valence-corrected chi connectivity index (χ4v) is 3.36. The maximum Gasteiger partial charge on any atom is 0.328 e. The van der Waals surface area contributed by atoms with Crippen molar-refractivity contribution in [2.45, 2.75) is 0 Å². The fraction of sp³-hybridized carbons (Fsp3) is 0. The van der Waals surface area contributed by atoms with Gasteiger partial charge in [-0.1, -0.05) is 24.0 Å². The number of benzene rings is 1. The number of hydrogen-bond acceptors (Lipinski definition) is 8. The molecule has 2 aliphatic rings. The third kappa shape index (κ3) is 3.75. The van der Waals surface area contributed by atoms with Crippen LogP contribution in [0, 0.1) is 10.1 Å². The summed E-state index contributed by atoms with van der Waals surface area (Å²) >= 11 is 6.04. The summed E-state index contributed by atoms with van der Waals surface area (Å²) in [6.07, 6.45) is 2.44. The lowest BCUT2D eigenvalue weighted by Gasteiger charge is -2.16. The summed E-state index contributed by atoms with van der Waals surface area (Å²) in [5.74, 6) is -2.47. The molecule has 12 heteroatoms. The first-order valence-electron chi connectivity index (χ1n) is 7.16. The summed E-state index contributed by atoms with van der Waals surface area (Å²) in [4.78, 5) is 58.4. The lowest BCUT2D eigenvalue weighted by Crippen LogP contribution is -2.52. The Morgan fingerprint density at radius 3 is 2.22 bits per heavy atom. The van der Waals surface area contributed by atoms with Crippen LogP contribution in [-0.2, 0) is 14.4 Å². The maximum atomic E-state index is 12.5. The molecule has 2 N–H and O–H groups in total. The highest BCUT2D eigenvalue weighted by Gasteiger charge is 2.35. The number of amides is 5. The zero-order valence-corrected chi connectivity index (χ0v) is 14.8. The molecule has 136 valence electrons. The molecule has 0 spiro atoms. The van der Waals surface area contributed by atoms with Gasteiger partial charge in [-0.3, -0.25) is 40.0 Å². The van der Waals surface area contributed by atoms with Gasteiger partial charge < -0.3 is 0 Å². The molecule has 1 aromatic rings. The van der Waals surface area contributed by atoms with Crippen molar-refractivity contribution in [1.82, 2.24) is 15.5 Å². The van der Waals surface area contributed by atoms with E-state index in [4.69, 9.17) is 12.2 Å². The topological polar surface area (TPSA) is 139 Å². The Bertz CT molecular complexity index is 961. The zero-order valence-electron chi connectivity index (χ0n) is 13.1. The predicted octanol–water partition coefficient (Wildman–Crippen LogP) is 1.05. The van der Waals surface area contributed by atoms with E-state index in [1.54, 1.807) is 0 Å². The van der Waals surface area contributed by atoms with Crippen molar-refractivity contribution in [1.29, 1.82) is 0 Å². The largest absolute Gasteiger partial charge is 0.328 e. The normalized spacial score (nSPS) is 18.7. The van der Waals surface area contributed by atoms with Gasteiger partial charge in [0.05, 0.1) is 9.83 Å². The number of nitro benzene ring substituents is 1. The molecule has 0 aliphatic carbocycles. The van der Waals surface area contributed by atoms with E-state index in [2.05, 4.69) is 0 Å². The minimum absolute atomic E-state index is 0.0816. The molecule has 1 aromatic carbocycles. The predicted molar refractivity (Wildman–Crippen MR) is 97.9 cm³/mol. The van der Waals surface area contributed by atoms with Crippen LogP contribution in [0.2, 0.25) is 0 Å². The van der Waals surface area contributed by atoms with Crippen LogP contribution in [0.1, 0.15) is 5.56 Å². The standard InChI is InChI=1S/C15H8N4O6S2/c20-11-9(12(21)17-14(23)16-11)6-18-13(22)10(27-15(18)26)5-7-1-3-8(4-2-7)19(24)25/h1-6H,(H2,16,17,20,21,23). The minimum Gasteiger partial charge on any atom is -0.273 e. The van der Waals surface area contributed by atoms with Gasteiger partial charge in [0.2, 0.25) is 0 Å². The smallest absolute Gasteiger partial charge is 0.273 e. The van der Waals surface area contributed by atoms with Gasteiger partial charge in [0.25, 0.3) is 23.4 Å². The van der Waals surface area contributed by atoms with Crippen LogP contribution in [0.25, 0.3) is 6.08 Å². The van der Waals surface area contributed by atoms with Crippen molar-refractivity contribution >= 4 is 63.8 Å². The van der Waals surface area contributed by atoms with Crippen LogP contribution < -0.4 is 10.6 Å². The van der Waals surface area contributed by atoms with Crippen LogP contribution in [0.3, 0.4) is 0 Å². The number of imide groups is 2. The van der Waals surface area contributed by atoms with Crippen molar-refractivity contribution in [2.75, 3.05) is 0 Å². The highest BCUT2D eigenvalue weighted by Crippen LogP contribution is 2.33. The number of non-ortho nitro benzene ring substituents is 1. The Kier molecular flexibility index (Phi) is 4.83. The van der Waals surface area contributed by atoms with Gasteiger partial charge in [0.1, 0.15) is 5.57 Å². The van der Waals surface area contributed by atoms with Gasteiger partial charge in [0, 0.05) is 18.3 Å². The molecule has 5 amide bonds. The van der Waals surface area contributed by atoms with Crippen molar-refractivity contribution in [3.05, 3.63) is 56.6 Å². The Morgan fingerprint density at radius 1 is 1.07 bits per heavy atom. The molecule has 2 saturated heterocycles. The van der Waals surface area contributed by atoms with Crippen LogP contribution in [-0.4, -0.2) is 37.9 Å². The Balaban J connectivity index is 1.85. The quantitative estimate of drug-likeness (QED) is 0.251. The summed E-state index contributed by atoms with van der Waals surface area (Å²) < 4.78 is 0.0816. The lowest BCUT2D eigenvalue weighted by atomic mass is 10.2. The van der Waals surface area contributed by atoms with Gasteiger partial charge in [-0.05, 0) is 23.8 Å². The number of nitrogens with zero attached hydrogens (tertiary/aromatic N) is 2. The number of urea groups is 1. The van der Waals surface area contributed by atoms with E-state index in [9.17, 15) is 29.3 Å². The van der Waals surface area contributed by atoms with Crippen molar-refractivity contribution in [3.63, 3.8) is 0 Å². The molecule has 0 radical (unpaired) electrons. The first-order valence-corrected chi connectivity index (χ1v) is 8.39. The highest BCUT2D eigenvalue weighted by atomic mass is 32.2. The van der Waals surface area contributed by atoms with E-state index in [0.717, 1.165) is 22.9 Å². The van der Waals surface area contributed by atoms with E-state index in [0.29, 0.717) is 5.56 Å². The van der Waals surface area contributed by atoms with Crippen LogP contribution in [0.4, 0.5) is 10.5 Å². The molecule has 10 nitrogen and oxygen atoms in total. The van der Waals surface area contributed by atoms with E-state index in [1.165, 1.54) is 30.3 Å². The van der Waals surface area contributed by atoms with Crippen LogP contribution >= 0.6 is 24.0 Å². The average Bonchev–Trinajstić information content (AvgIpc) is 2.85. The Morgan fingerprint density at radius 2 is 1.67 bits per heavy atom. The second-order valence-corrected chi connectivity index (χ2v) is 6.86. The van der Waals surface area contributed by atoms with Gasteiger partial charge >= 0.3 is 6.03 Å². The lowest BCUT2D eigenvalue weighted by molar-refractivity contribution is -0.384. The van der Waals surface area contributed by atoms with Crippen molar-refractivity contribution in [2.24, 2.45) is 0 Å². The van der Waals surface area contributed by atoms with E-state index in [-0.39, 0.29) is 14.9 Å². The molecule has 0 aromatic heterocycles. The number of nitro groups is 1. The second-order valence-electron chi connectivity index (χ2n) is 5.18. The number of thiocarbonyl (C=S) groups is 1. The number of rotatable bonds is 3. The third-order valence-corrected chi connectivity index (χ3v) is 4.76. The Labute approximate surface area is 160 Å². The van der Waals surface area contributed by atoms with Crippen LogP contribution in [0.15, 0.2) is 40.9 Å². The van der Waals surface area contributed by atoms with Gasteiger partial charge in [-0.2, -0.15) is 0 Å². The number of barbiturate groups is 1. The van der Waals surface area contributed by atoms with Gasteiger partial charge in [-0.25, -0.2) is 4.79 Å². The summed E-state index contributed by atoms with van der Waals surface area (Å²) in [6.45, 7) is 0. The number of thioether (sulfide) groups is 1. The molecule has 27 heavy (non-hydrogen) atoms. The monoisotopic (exact) mass is 404 g/mol. The van der Waals surface area contributed by atoms with E-state index < -0.39 is 34.2 Å².